The van der Waals surface area contributed by atoms with Crippen LogP contribution in [0, 0.1) is 0 Å². The molecule has 34 heavy (non-hydrogen) atoms. The van der Waals surface area contributed by atoms with Crippen LogP contribution >= 0.6 is 11.6 Å². The zero-order valence-electron chi connectivity index (χ0n) is 20.1. The molecule has 1 atom stereocenters. The van der Waals surface area contributed by atoms with Crippen molar-refractivity contribution in [3.8, 4) is 0 Å². The summed E-state index contributed by atoms with van der Waals surface area (Å²) in [5, 5.41) is 9.11. The minimum Gasteiger partial charge on any atom is -0.463 e. The normalized spacial score (nSPS) is 19.8. The van der Waals surface area contributed by atoms with Crippen LogP contribution in [-0.4, -0.2) is 60.9 Å². The van der Waals surface area contributed by atoms with E-state index in [1.54, 1.807) is 31.2 Å². The summed E-state index contributed by atoms with van der Waals surface area (Å²) in [4.78, 5) is 39.6. The summed E-state index contributed by atoms with van der Waals surface area (Å²) in [7, 11) is 0. The van der Waals surface area contributed by atoms with Crippen LogP contribution in [0.4, 0.5) is 9.59 Å². The first-order valence-corrected chi connectivity index (χ1v) is 11.9. The molecule has 3 amide bonds. The molecule has 0 aliphatic carbocycles. The van der Waals surface area contributed by atoms with Crippen molar-refractivity contribution in [1.82, 2.24) is 20.9 Å². The van der Waals surface area contributed by atoms with Crippen molar-refractivity contribution in [2.75, 3.05) is 26.2 Å². The largest absolute Gasteiger partial charge is 0.463 e. The third-order valence-electron chi connectivity index (χ3n) is 5.54. The summed E-state index contributed by atoms with van der Waals surface area (Å²) in [5.74, 6) is -0.480. The van der Waals surface area contributed by atoms with Crippen molar-refractivity contribution in [3.05, 3.63) is 46.1 Å². The molecule has 3 rings (SSSR count). The predicted molar refractivity (Wildman–Crippen MR) is 128 cm³/mol. The molecule has 0 radical (unpaired) electrons. The number of hydrogen-bond donors (Lipinski definition) is 3. The number of carbonyl (C=O) groups is 3. The molecule has 0 bridgehead atoms. The van der Waals surface area contributed by atoms with E-state index in [2.05, 4.69) is 20.9 Å². The Morgan fingerprint density at radius 2 is 1.82 bits per heavy atom. The van der Waals surface area contributed by atoms with E-state index in [0.717, 1.165) is 18.4 Å². The van der Waals surface area contributed by atoms with Gasteiger partial charge in [-0.15, -0.1) is 0 Å². The maximum Gasteiger partial charge on any atom is 0.407 e. The quantitative estimate of drug-likeness (QED) is 0.524. The maximum atomic E-state index is 12.9. The average molecular weight is 493 g/mol. The van der Waals surface area contributed by atoms with Gasteiger partial charge >= 0.3 is 18.1 Å². The Labute approximate surface area is 205 Å². The van der Waals surface area contributed by atoms with Gasteiger partial charge < -0.3 is 25.4 Å². The van der Waals surface area contributed by atoms with Crippen molar-refractivity contribution in [2.45, 2.75) is 58.2 Å². The molecule has 2 aliphatic rings. The van der Waals surface area contributed by atoms with Crippen molar-refractivity contribution < 1.29 is 23.9 Å². The molecule has 0 unspecified atom stereocenters. The van der Waals surface area contributed by atoms with Crippen molar-refractivity contribution >= 4 is 29.7 Å². The third-order valence-corrected chi connectivity index (χ3v) is 5.79. The minimum absolute atomic E-state index is 0.00837. The number of nitrogens with one attached hydrogen (secondary N) is 3. The number of rotatable bonds is 6. The molecule has 1 saturated heterocycles. The lowest BCUT2D eigenvalue weighted by Gasteiger charge is -2.35. The van der Waals surface area contributed by atoms with Crippen LogP contribution < -0.4 is 16.0 Å². The number of halogens is 1. The standard InChI is InChI=1S/C24H33ClN4O5/c1-5-33-21(30)19-18(27-22(31)28-20(19)15-6-8-16(25)9-7-15)14-29-12-10-17(11-13-29)26-23(32)34-24(2,3)4/h6-9,17,20H,5,10-14H2,1-4H3,(H,26,32)(H2,27,28,31)/t20-/m1/s1. The first-order valence-electron chi connectivity index (χ1n) is 11.5. The topological polar surface area (TPSA) is 109 Å². The van der Waals surface area contributed by atoms with Gasteiger partial charge in [0.15, 0.2) is 0 Å². The first-order chi connectivity index (χ1) is 16.1. The van der Waals surface area contributed by atoms with Gasteiger partial charge in [-0.25, -0.2) is 14.4 Å². The zero-order chi connectivity index (χ0) is 24.9. The summed E-state index contributed by atoms with van der Waals surface area (Å²) in [5.41, 5.74) is 1.08. The average Bonchev–Trinajstić information content (AvgIpc) is 2.74. The molecular formula is C24H33ClN4O5. The number of hydrogen-bond acceptors (Lipinski definition) is 6. The summed E-state index contributed by atoms with van der Waals surface area (Å²) in [6.45, 7) is 9.21. The number of carbonyl (C=O) groups excluding carboxylic acids is 3. The van der Waals surface area contributed by atoms with Gasteiger partial charge in [0.05, 0.1) is 18.2 Å². The van der Waals surface area contributed by atoms with Crippen molar-refractivity contribution in [2.24, 2.45) is 0 Å². The Hall–Kier alpha value is -2.78. The molecule has 2 aliphatic heterocycles. The molecule has 10 heteroatoms. The van der Waals surface area contributed by atoms with Gasteiger partial charge in [-0.05, 0) is 58.2 Å². The Balaban J connectivity index is 1.73. The van der Waals surface area contributed by atoms with E-state index in [9.17, 15) is 14.4 Å². The fourth-order valence-corrected chi connectivity index (χ4v) is 4.16. The van der Waals surface area contributed by atoms with Gasteiger partial charge in [0.2, 0.25) is 0 Å². The highest BCUT2D eigenvalue weighted by molar-refractivity contribution is 6.30. The lowest BCUT2D eigenvalue weighted by Crippen LogP contribution is -2.50. The predicted octanol–water partition coefficient (Wildman–Crippen LogP) is 3.50. The molecule has 2 heterocycles. The van der Waals surface area contributed by atoms with Crippen LogP contribution in [0.2, 0.25) is 5.02 Å². The highest BCUT2D eigenvalue weighted by atomic mass is 35.5. The van der Waals surface area contributed by atoms with Gasteiger partial charge in [-0.3, -0.25) is 4.90 Å². The molecule has 3 N–H and O–H groups in total. The lowest BCUT2D eigenvalue weighted by atomic mass is 9.94. The fourth-order valence-electron chi connectivity index (χ4n) is 4.03. The lowest BCUT2D eigenvalue weighted by molar-refractivity contribution is -0.139. The fraction of sp³-hybridized carbons (Fsp3) is 0.542. The second-order valence-corrected chi connectivity index (χ2v) is 9.83. The van der Waals surface area contributed by atoms with E-state index in [1.807, 2.05) is 20.8 Å². The molecule has 0 spiro atoms. The number of urea groups is 1. The van der Waals surface area contributed by atoms with E-state index < -0.39 is 23.7 Å². The van der Waals surface area contributed by atoms with Crippen molar-refractivity contribution in [3.63, 3.8) is 0 Å². The highest BCUT2D eigenvalue weighted by Gasteiger charge is 2.35. The monoisotopic (exact) mass is 492 g/mol. The van der Waals surface area contributed by atoms with Crippen molar-refractivity contribution in [1.29, 1.82) is 0 Å². The number of piperidine rings is 1. The number of ether oxygens (including phenoxy) is 2. The van der Waals surface area contributed by atoms with Gasteiger partial charge in [0.25, 0.3) is 0 Å². The first kappa shape index (κ1) is 25.8. The third kappa shape index (κ3) is 7.11. The van der Waals surface area contributed by atoms with Crippen LogP contribution in [0.25, 0.3) is 0 Å². The summed E-state index contributed by atoms with van der Waals surface area (Å²) in [6, 6.07) is 5.98. The Bertz CT molecular complexity index is 934. The number of benzene rings is 1. The molecule has 186 valence electrons. The molecule has 1 aromatic carbocycles. The summed E-state index contributed by atoms with van der Waals surface area (Å²) in [6.07, 6.45) is 1.04. The number of alkyl carbamates (subject to hydrolysis) is 1. The van der Waals surface area contributed by atoms with Crippen LogP contribution in [0.3, 0.4) is 0 Å². The number of amides is 3. The van der Waals surface area contributed by atoms with Crippen LogP contribution in [0.5, 0.6) is 0 Å². The van der Waals surface area contributed by atoms with E-state index in [1.165, 1.54) is 0 Å². The maximum absolute atomic E-state index is 12.9. The SMILES string of the molecule is CCOC(=O)C1=C(CN2CCC(NC(=O)OC(C)(C)C)CC2)NC(=O)N[C@@H]1c1ccc(Cl)cc1. The summed E-state index contributed by atoms with van der Waals surface area (Å²) >= 11 is 6.02. The number of esters is 1. The molecule has 0 saturated carbocycles. The second kappa shape index (κ2) is 11.1. The van der Waals surface area contributed by atoms with Gasteiger partial charge in [-0.2, -0.15) is 0 Å². The molecule has 9 nitrogen and oxygen atoms in total. The van der Waals surface area contributed by atoms with E-state index in [4.69, 9.17) is 21.1 Å². The van der Waals surface area contributed by atoms with Crippen LogP contribution in [0.15, 0.2) is 35.5 Å². The zero-order valence-corrected chi connectivity index (χ0v) is 20.8. The molecule has 0 aromatic heterocycles. The smallest absolute Gasteiger partial charge is 0.407 e. The van der Waals surface area contributed by atoms with Crippen LogP contribution in [-0.2, 0) is 14.3 Å². The summed E-state index contributed by atoms with van der Waals surface area (Å²) < 4.78 is 10.7. The number of nitrogens with zero attached hydrogens (tertiary/aromatic N) is 1. The Morgan fingerprint density at radius 3 is 2.41 bits per heavy atom. The van der Waals surface area contributed by atoms with E-state index in [-0.39, 0.29) is 18.7 Å². The Kier molecular flexibility index (Phi) is 8.43. The van der Waals surface area contributed by atoms with E-state index >= 15 is 0 Å². The minimum atomic E-state index is -0.647. The molecular weight excluding hydrogens is 460 g/mol. The molecule has 1 aromatic rings. The van der Waals surface area contributed by atoms with Gasteiger partial charge in [0.1, 0.15) is 5.60 Å². The van der Waals surface area contributed by atoms with Gasteiger partial charge in [-0.1, -0.05) is 23.7 Å². The second-order valence-electron chi connectivity index (χ2n) is 9.39. The van der Waals surface area contributed by atoms with Gasteiger partial charge in [0, 0.05) is 36.4 Å². The Morgan fingerprint density at radius 1 is 1.18 bits per heavy atom. The highest BCUT2D eigenvalue weighted by Crippen LogP contribution is 2.29. The van der Waals surface area contributed by atoms with Crippen LogP contribution in [0.1, 0.15) is 52.1 Å². The molecule has 1 fully saturated rings. The van der Waals surface area contributed by atoms with E-state index in [0.29, 0.717) is 35.9 Å². The number of likely N-dealkylation sites (tertiary alicyclic amines) is 1.